The highest BCUT2D eigenvalue weighted by Gasteiger charge is 2.29. The highest BCUT2D eigenvalue weighted by Crippen LogP contribution is 2.42. The number of nitrogens with zero attached hydrogens (tertiary/aromatic N) is 4. The summed E-state index contributed by atoms with van der Waals surface area (Å²) in [6.45, 7) is 2.61. The lowest BCUT2D eigenvalue weighted by Gasteiger charge is -2.23. The molecule has 1 saturated carbocycles. The van der Waals surface area contributed by atoms with E-state index in [2.05, 4.69) is 15.2 Å². The van der Waals surface area contributed by atoms with Gasteiger partial charge < -0.3 is 15.1 Å². The number of para-hydroxylation sites is 1. The van der Waals surface area contributed by atoms with Crippen LogP contribution in [0.15, 0.2) is 66.9 Å². The van der Waals surface area contributed by atoms with Gasteiger partial charge in [-0.1, -0.05) is 24.3 Å². The lowest BCUT2D eigenvalue weighted by atomic mass is 10.1. The van der Waals surface area contributed by atoms with Crippen molar-refractivity contribution < 1.29 is 9.59 Å². The maximum absolute atomic E-state index is 13.9. The van der Waals surface area contributed by atoms with Crippen LogP contribution in [0.1, 0.15) is 51.4 Å². The maximum atomic E-state index is 13.9. The molecule has 0 bridgehead atoms. The second-order valence-electron chi connectivity index (χ2n) is 10.4. The number of anilines is 2. The average molecular weight is 536 g/mol. The van der Waals surface area contributed by atoms with Crippen molar-refractivity contribution in [2.45, 2.75) is 38.1 Å². The summed E-state index contributed by atoms with van der Waals surface area (Å²) in [6.07, 6.45) is 7.06. The van der Waals surface area contributed by atoms with Gasteiger partial charge in [-0.05, 0) is 74.1 Å². The normalized spacial score (nSPS) is 16.4. The third-order valence-corrected chi connectivity index (χ3v) is 8.89. The summed E-state index contributed by atoms with van der Waals surface area (Å²) < 4.78 is 0. The second kappa shape index (κ2) is 9.93. The Morgan fingerprint density at radius 2 is 1.79 bits per heavy atom. The van der Waals surface area contributed by atoms with Gasteiger partial charge >= 0.3 is 0 Å². The Morgan fingerprint density at radius 3 is 2.59 bits per heavy atom. The first-order valence-electron chi connectivity index (χ1n) is 13.7. The van der Waals surface area contributed by atoms with Gasteiger partial charge in [-0.3, -0.25) is 9.59 Å². The van der Waals surface area contributed by atoms with Crippen LogP contribution in [0, 0.1) is 0 Å². The lowest BCUT2D eigenvalue weighted by Crippen LogP contribution is -2.33. The molecule has 1 saturated heterocycles. The van der Waals surface area contributed by atoms with Crippen LogP contribution in [0.2, 0.25) is 0 Å². The van der Waals surface area contributed by atoms with E-state index in [-0.39, 0.29) is 11.8 Å². The Kier molecular flexibility index (Phi) is 6.12. The Morgan fingerprint density at radius 1 is 0.949 bits per heavy atom. The summed E-state index contributed by atoms with van der Waals surface area (Å²) in [5.74, 6) is 0.864. The first kappa shape index (κ1) is 24.0. The highest BCUT2D eigenvalue weighted by atomic mass is 32.1. The van der Waals surface area contributed by atoms with Gasteiger partial charge in [0.1, 0.15) is 11.5 Å². The van der Waals surface area contributed by atoms with Gasteiger partial charge in [0.25, 0.3) is 11.8 Å². The number of pyridine rings is 2. The van der Waals surface area contributed by atoms with Crippen LogP contribution in [0.3, 0.4) is 0 Å². The van der Waals surface area contributed by atoms with E-state index in [1.165, 1.54) is 24.2 Å². The number of fused-ring (bicyclic) bond motifs is 3. The molecule has 4 aromatic rings. The van der Waals surface area contributed by atoms with Gasteiger partial charge in [0.2, 0.25) is 0 Å². The number of carbonyl (C=O) groups excluding carboxylic acids is 2. The second-order valence-corrected chi connectivity index (χ2v) is 11.5. The summed E-state index contributed by atoms with van der Waals surface area (Å²) in [4.78, 5) is 42.0. The highest BCUT2D eigenvalue weighted by molar-refractivity contribution is 7.17. The number of aromatic nitrogens is 2. The van der Waals surface area contributed by atoms with Gasteiger partial charge in [0.05, 0.1) is 16.3 Å². The van der Waals surface area contributed by atoms with Gasteiger partial charge in [-0.15, -0.1) is 11.3 Å². The molecule has 1 aromatic carbocycles. The van der Waals surface area contributed by atoms with E-state index in [1.54, 1.807) is 6.07 Å². The molecule has 2 amide bonds. The zero-order chi connectivity index (χ0) is 26.3. The topological polar surface area (TPSA) is 78.4 Å². The standard InChI is InChI=1S/C31H29N5O2S/c37-30(33-22-11-12-22)27-18-20-14-17-36(26-9-2-1-6-23(26)29(20)39-27)31(38)25-8-5-7-24(34-25)21-10-13-28(32-19-21)35-15-3-4-16-35/h1-2,5-10,13,18-19,22H,3-4,11-12,14-17H2,(H,33,37). The molecule has 0 unspecified atom stereocenters. The van der Waals surface area contributed by atoms with E-state index >= 15 is 0 Å². The van der Waals surface area contributed by atoms with E-state index < -0.39 is 0 Å². The molecule has 8 heteroatoms. The summed E-state index contributed by atoms with van der Waals surface area (Å²) >= 11 is 1.51. The maximum Gasteiger partial charge on any atom is 0.276 e. The zero-order valence-corrected chi connectivity index (χ0v) is 22.4. The van der Waals surface area contributed by atoms with Gasteiger partial charge in [-0.2, -0.15) is 0 Å². The molecule has 1 aliphatic carbocycles. The van der Waals surface area contributed by atoms with Crippen LogP contribution in [-0.4, -0.2) is 47.5 Å². The monoisotopic (exact) mass is 535 g/mol. The van der Waals surface area contributed by atoms with Crippen molar-refractivity contribution in [3.05, 3.63) is 83.0 Å². The molecule has 0 spiro atoms. The molecule has 1 N–H and O–H groups in total. The van der Waals surface area contributed by atoms with Gasteiger partial charge in [0.15, 0.2) is 0 Å². The first-order chi connectivity index (χ1) is 19.1. The Balaban J connectivity index is 1.16. The zero-order valence-electron chi connectivity index (χ0n) is 21.6. The van der Waals surface area contributed by atoms with Crippen molar-refractivity contribution in [3.8, 4) is 21.7 Å². The first-order valence-corrected chi connectivity index (χ1v) is 14.5. The SMILES string of the molecule is O=C(NC1CC1)c1cc2c(s1)-c1ccccc1N(C(=O)c1cccc(-c3ccc(N4CCCC4)nc3)n1)CC2. The lowest BCUT2D eigenvalue weighted by molar-refractivity contribution is 0.0952. The molecule has 2 fully saturated rings. The van der Waals surface area contributed by atoms with E-state index in [0.717, 1.165) is 69.6 Å². The third kappa shape index (κ3) is 4.69. The molecular formula is C31H29N5O2S. The smallest absolute Gasteiger partial charge is 0.276 e. The summed E-state index contributed by atoms with van der Waals surface area (Å²) in [6, 6.07) is 19.9. The molecule has 7 nitrogen and oxygen atoms in total. The molecule has 39 heavy (non-hydrogen) atoms. The minimum atomic E-state index is -0.132. The molecule has 2 aliphatic heterocycles. The van der Waals surface area contributed by atoms with E-state index in [1.807, 2.05) is 65.7 Å². The molecule has 196 valence electrons. The number of hydrogen-bond acceptors (Lipinski definition) is 6. The Hall–Kier alpha value is -4.04. The van der Waals surface area contributed by atoms with Crippen LogP contribution in [-0.2, 0) is 6.42 Å². The predicted molar refractivity (Wildman–Crippen MR) is 155 cm³/mol. The summed E-state index contributed by atoms with van der Waals surface area (Å²) in [5, 5.41) is 3.10. The summed E-state index contributed by atoms with van der Waals surface area (Å²) in [5.41, 5.74) is 4.96. The fourth-order valence-corrected chi connectivity index (χ4v) is 6.57. The fourth-order valence-electron chi connectivity index (χ4n) is 5.43. The minimum Gasteiger partial charge on any atom is -0.357 e. The molecular weight excluding hydrogens is 506 g/mol. The molecule has 3 aromatic heterocycles. The van der Waals surface area contributed by atoms with Gasteiger partial charge in [-0.25, -0.2) is 9.97 Å². The number of rotatable bonds is 5. The van der Waals surface area contributed by atoms with Crippen LogP contribution in [0.25, 0.3) is 21.7 Å². The van der Waals surface area contributed by atoms with Crippen molar-refractivity contribution >= 4 is 34.7 Å². The number of carbonyl (C=O) groups is 2. The van der Waals surface area contributed by atoms with E-state index in [4.69, 9.17) is 4.98 Å². The van der Waals surface area contributed by atoms with Crippen LogP contribution in [0.4, 0.5) is 11.5 Å². The quantitative estimate of drug-likeness (QED) is 0.362. The van der Waals surface area contributed by atoms with Crippen LogP contribution < -0.4 is 15.1 Å². The van der Waals surface area contributed by atoms with Crippen molar-refractivity contribution in [2.24, 2.45) is 0 Å². The third-order valence-electron chi connectivity index (χ3n) is 7.68. The van der Waals surface area contributed by atoms with Crippen LogP contribution in [0.5, 0.6) is 0 Å². The average Bonchev–Trinajstić information content (AvgIpc) is 3.47. The number of thiophene rings is 1. The number of nitrogens with one attached hydrogen (secondary N) is 1. The Labute approximate surface area is 231 Å². The van der Waals surface area contributed by atoms with Crippen molar-refractivity contribution in [1.82, 2.24) is 15.3 Å². The number of benzene rings is 1. The molecule has 0 atom stereocenters. The largest absolute Gasteiger partial charge is 0.357 e. The van der Waals surface area contributed by atoms with Crippen molar-refractivity contribution in [1.29, 1.82) is 0 Å². The summed E-state index contributed by atoms with van der Waals surface area (Å²) in [7, 11) is 0. The van der Waals surface area contributed by atoms with Crippen molar-refractivity contribution in [3.63, 3.8) is 0 Å². The van der Waals surface area contributed by atoms with Crippen LogP contribution >= 0.6 is 11.3 Å². The number of hydrogen-bond donors (Lipinski definition) is 1. The van der Waals surface area contributed by atoms with Crippen molar-refractivity contribution in [2.75, 3.05) is 29.4 Å². The molecule has 0 radical (unpaired) electrons. The molecule has 7 rings (SSSR count). The van der Waals surface area contributed by atoms with E-state index in [0.29, 0.717) is 24.7 Å². The van der Waals surface area contributed by atoms with E-state index in [9.17, 15) is 9.59 Å². The minimum absolute atomic E-state index is 0.00459. The Bertz CT molecular complexity index is 1550. The predicted octanol–water partition coefficient (Wildman–Crippen LogP) is 5.57. The molecule has 5 heterocycles. The van der Waals surface area contributed by atoms with Gasteiger partial charge in [0, 0.05) is 47.9 Å². The number of amides is 2. The fraction of sp³-hybridized carbons (Fsp3) is 0.290. The molecule has 3 aliphatic rings.